The lowest BCUT2D eigenvalue weighted by atomic mass is 10.0. The highest BCUT2D eigenvalue weighted by Gasteiger charge is 2.16. The van der Waals surface area contributed by atoms with Crippen molar-refractivity contribution < 1.29 is 9.50 Å². The molecule has 0 aliphatic heterocycles. The molecule has 0 aliphatic rings. The van der Waals surface area contributed by atoms with Crippen molar-refractivity contribution in [3.63, 3.8) is 0 Å². The van der Waals surface area contributed by atoms with E-state index >= 15 is 0 Å². The molecule has 0 spiro atoms. The number of aliphatic hydroxyl groups is 1. The lowest BCUT2D eigenvalue weighted by Gasteiger charge is -2.12. The molecule has 1 aromatic carbocycles. The number of rotatable bonds is 4. The van der Waals surface area contributed by atoms with Gasteiger partial charge in [-0.2, -0.15) is 10.4 Å². The maximum Gasteiger partial charge on any atom is 0.123 e. The number of hydrogen-bond donors (Lipinski definition) is 1. The minimum Gasteiger partial charge on any atom is -0.389 e. The molecule has 2 aromatic heterocycles. The molecular weight excluding hydrogens is 315 g/mol. The van der Waals surface area contributed by atoms with Crippen LogP contribution >= 0.6 is 11.3 Å². The van der Waals surface area contributed by atoms with Crippen LogP contribution < -0.4 is 0 Å². The molecule has 1 atom stereocenters. The Morgan fingerprint density at radius 3 is 3.00 bits per heavy atom. The molecule has 3 rings (SSSR count). The van der Waals surface area contributed by atoms with Gasteiger partial charge in [0.05, 0.1) is 40.5 Å². The van der Waals surface area contributed by atoms with Crippen LogP contribution in [0.1, 0.15) is 29.8 Å². The summed E-state index contributed by atoms with van der Waals surface area (Å²) in [4.78, 5) is 5.20. The summed E-state index contributed by atoms with van der Waals surface area (Å²) >= 11 is 1.42. The molecule has 1 N–H and O–H groups in total. The minimum atomic E-state index is -0.787. The smallest absolute Gasteiger partial charge is 0.123 e. The van der Waals surface area contributed by atoms with Crippen molar-refractivity contribution >= 4 is 11.3 Å². The third-order valence-corrected chi connectivity index (χ3v) is 4.33. The van der Waals surface area contributed by atoms with Crippen LogP contribution in [0.4, 0.5) is 4.39 Å². The summed E-state index contributed by atoms with van der Waals surface area (Å²) in [6, 6.07) is 6.38. The highest BCUT2D eigenvalue weighted by atomic mass is 32.1. The van der Waals surface area contributed by atoms with Crippen LogP contribution in [0.25, 0.3) is 10.4 Å². The van der Waals surface area contributed by atoms with Crippen molar-refractivity contribution in [3.8, 4) is 16.5 Å². The number of benzene rings is 1. The van der Waals surface area contributed by atoms with Crippen molar-refractivity contribution in [2.24, 2.45) is 0 Å². The third-order valence-electron chi connectivity index (χ3n) is 3.42. The van der Waals surface area contributed by atoms with Crippen molar-refractivity contribution in [1.29, 1.82) is 5.26 Å². The van der Waals surface area contributed by atoms with E-state index in [4.69, 9.17) is 5.26 Å². The van der Waals surface area contributed by atoms with Crippen molar-refractivity contribution in [2.75, 3.05) is 0 Å². The Morgan fingerprint density at radius 2 is 2.30 bits per heavy atom. The average Bonchev–Trinajstić information content (AvgIpc) is 3.17. The summed E-state index contributed by atoms with van der Waals surface area (Å²) in [5.74, 6) is -0.388. The van der Waals surface area contributed by atoms with Gasteiger partial charge in [0.2, 0.25) is 0 Å². The van der Waals surface area contributed by atoms with E-state index in [9.17, 15) is 9.50 Å². The van der Waals surface area contributed by atoms with E-state index < -0.39 is 6.10 Å². The second-order valence-corrected chi connectivity index (χ2v) is 5.93. The fraction of sp³-hybridized carbons (Fsp3) is 0.188. The maximum atomic E-state index is 13.5. The molecule has 0 saturated carbocycles. The topological polar surface area (TPSA) is 74.7 Å². The largest absolute Gasteiger partial charge is 0.389 e. The van der Waals surface area contributed by atoms with Crippen LogP contribution in [0.15, 0.2) is 36.1 Å². The lowest BCUT2D eigenvalue weighted by molar-refractivity contribution is 0.199. The molecule has 23 heavy (non-hydrogen) atoms. The Hall–Kier alpha value is -2.56. The second kappa shape index (κ2) is 6.28. The second-order valence-electron chi connectivity index (χ2n) is 5.07. The fourth-order valence-electron chi connectivity index (χ4n) is 2.35. The number of nitrogens with zero attached hydrogens (tertiary/aromatic N) is 4. The van der Waals surface area contributed by atoms with Gasteiger partial charge < -0.3 is 5.11 Å². The first-order valence-corrected chi connectivity index (χ1v) is 7.79. The van der Waals surface area contributed by atoms with Crippen molar-refractivity contribution in [3.05, 3.63) is 58.7 Å². The first kappa shape index (κ1) is 15.3. The molecule has 3 aromatic rings. The first-order valence-electron chi connectivity index (χ1n) is 6.91. The van der Waals surface area contributed by atoms with E-state index in [0.717, 1.165) is 16.1 Å². The third kappa shape index (κ3) is 3.13. The van der Waals surface area contributed by atoms with Crippen LogP contribution in [-0.2, 0) is 6.54 Å². The van der Waals surface area contributed by atoms with E-state index in [0.29, 0.717) is 17.7 Å². The zero-order valence-corrected chi connectivity index (χ0v) is 13.1. The van der Waals surface area contributed by atoms with Gasteiger partial charge in [-0.15, -0.1) is 11.3 Å². The van der Waals surface area contributed by atoms with Crippen LogP contribution in [0, 0.1) is 17.1 Å². The van der Waals surface area contributed by atoms with E-state index in [1.54, 1.807) is 29.4 Å². The Bertz CT molecular complexity index is 878. The minimum absolute atomic E-state index is 0.388. The van der Waals surface area contributed by atoms with Gasteiger partial charge >= 0.3 is 0 Å². The van der Waals surface area contributed by atoms with E-state index in [2.05, 4.69) is 10.1 Å². The van der Waals surface area contributed by atoms with E-state index in [-0.39, 0.29) is 5.82 Å². The summed E-state index contributed by atoms with van der Waals surface area (Å²) in [5.41, 5.74) is 4.22. The van der Waals surface area contributed by atoms with Gasteiger partial charge in [-0.1, -0.05) is 6.07 Å². The summed E-state index contributed by atoms with van der Waals surface area (Å²) in [6.07, 6.45) is 2.35. The number of nitriles is 1. The lowest BCUT2D eigenvalue weighted by Crippen LogP contribution is -2.03. The zero-order valence-electron chi connectivity index (χ0n) is 12.3. The molecule has 5 nitrogen and oxygen atoms in total. The number of thiazole rings is 1. The maximum absolute atomic E-state index is 13.5. The van der Waals surface area contributed by atoms with E-state index in [1.165, 1.54) is 29.7 Å². The number of halogens is 1. The normalized spacial score (nSPS) is 12.1. The van der Waals surface area contributed by atoms with Gasteiger partial charge in [-0.05, 0) is 30.2 Å². The highest BCUT2D eigenvalue weighted by Crippen LogP contribution is 2.34. The average molecular weight is 328 g/mol. The van der Waals surface area contributed by atoms with E-state index in [1.807, 2.05) is 6.07 Å². The van der Waals surface area contributed by atoms with Gasteiger partial charge in [0.25, 0.3) is 0 Å². The SMILES string of the molecule is CC(O)c1cc(F)ccc1-c1scnc1Cn1cc(C#N)cn1. The Labute approximate surface area is 136 Å². The number of aliphatic hydroxyl groups excluding tert-OH is 1. The molecule has 0 saturated heterocycles. The van der Waals surface area contributed by atoms with Crippen LogP contribution in [0.3, 0.4) is 0 Å². The van der Waals surface area contributed by atoms with Crippen LogP contribution in [0.5, 0.6) is 0 Å². The van der Waals surface area contributed by atoms with Gasteiger partial charge in [0.15, 0.2) is 0 Å². The molecule has 0 amide bonds. The van der Waals surface area contributed by atoms with Crippen molar-refractivity contribution in [1.82, 2.24) is 14.8 Å². The fourth-order valence-corrected chi connectivity index (χ4v) is 3.20. The number of hydrogen-bond acceptors (Lipinski definition) is 5. The summed E-state index contributed by atoms with van der Waals surface area (Å²) in [7, 11) is 0. The molecule has 2 heterocycles. The van der Waals surface area contributed by atoms with Gasteiger partial charge in [-0.3, -0.25) is 4.68 Å². The molecular formula is C16H13FN4OS. The summed E-state index contributed by atoms with van der Waals surface area (Å²) in [5, 5.41) is 22.9. The van der Waals surface area contributed by atoms with Crippen molar-refractivity contribution in [2.45, 2.75) is 19.6 Å². The van der Waals surface area contributed by atoms with Crippen LogP contribution in [-0.4, -0.2) is 19.9 Å². The summed E-state index contributed by atoms with van der Waals surface area (Å²) < 4.78 is 15.1. The molecule has 7 heteroatoms. The molecule has 0 fully saturated rings. The quantitative estimate of drug-likeness (QED) is 0.798. The predicted molar refractivity (Wildman–Crippen MR) is 84.2 cm³/mol. The molecule has 1 unspecified atom stereocenters. The number of aromatic nitrogens is 3. The van der Waals surface area contributed by atoms with Gasteiger partial charge in [0.1, 0.15) is 11.9 Å². The molecule has 0 radical (unpaired) electrons. The first-order chi connectivity index (χ1) is 11.1. The Balaban J connectivity index is 2.00. The van der Waals surface area contributed by atoms with Gasteiger partial charge in [-0.25, -0.2) is 9.37 Å². The highest BCUT2D eigenvalue weighted by molar-refractivity contribution is 7.13. The Kier molecular flexibility index (Phi) is 4.19. The monoisotopic (exact) mass is 328 g/mol. The predicted octanol–water partition coefficient (Wildman–Crippen LogP) is 3.12. The zero-order chi connectivity index (χ0) is 16.4. The van der Waals surface area contributed by atoms with Crippen LogP contribution in [0.2, 0.25) is 0 Å². The standard InChI is InChI=1S/C16H13FN4OS/c1-10(22)14-4-12(17)2-3-13(14)16-15(19-9-23-16)8-21-7-11(5-18)6-20-21/h2-4,6-7,9-10,22H,8H2,1H3. The molecule has 0 aliphatic carbocycles. The molecule has 0 bridgehead atoms. The Morgan fingerprint density at radius 1 is 1.48 bits per heavy atom. The summed E-state index contributed by atoms with van der Waals surface area (Å²) in [6.45, 7) is 2.00. The molecule has 116 valence electrons. The van der Waals surface area contributed by atoms with Gasteiger partial charge in [0, 0.05) is 6.20 Å².